The minimum Gasteiger partial charge on any atom is -0.363 e. The summed E-state index contributed by atoms with van der Waals surface area (Å²) in [7, 11) is -7.43. The van der Waals surface area contributed by atoms with E-state index < -0.39 is 31.8 Å². The van der Waals surface area contributed by atoms with Crippen molar-refractivity contribution in [2.45, 2.75) is 42.5 Å². The molecule has 0 N–H and O–H groups in total. The highest BCUT2D eigenvalue weighted by atomic mass is 32.2. The Hall–Kier alpha value is -3.05. The highest BCUT2D eigenvalue weighted by Crippen LogP contribution is 2.21. The van der Waals surface area contributed by atoms with Crippen molar-refractivity contribution in [3.8, 4) is 0 Å². The Kier molecular flexibility index (Phi) is 9.22. The standard InChI is InChI=1S/C29H34N2O6S2/c1-23-8-12-27(13-9-23)38(33,34)22-37-21-26(20-25-6-4-3-5-7-25)31-19-18-30(17-16-29(31)32)39(35,36)28-14-10-24(2)11-15-28/h3-15,26H,16-22H2,1-2H3/t26-/m0/s1. The first kappa shape index (κ1) is 28.9. The summed E-state index contributed by atoms with van der Waals surface area (Å²) in [4.78, 5) is 15.2. The smallest absolute Gasteiger partial charge is 0.243 e. The molecule has 1 fully saturated rings. The fourth-order valence-electron chi connectivity index (χ4n) is 4.56. The van der Waals surface area contributed by atoms with E-state index >= 15 is 0 Å². The van der Waals surface area contributed by atoms with Crippen molar-refractivity contribution < 1.29 is 26.4 Å². The van der Waals surface area contributed by atoms with Gasteiger partial charge in [-0.25, -0.2) is 16.8 Å². The van der Waals surface area contributed by atoms with Gasteiger partial charge in [-0.2, -0.15) is 4.31 Å². The van der Waals surface area contributed by atoms with Crippen molar-refractivity contribution in [2.75, 3.05) is 32.2 Å². The number of rotatable bonds is 10. The molecule has 0 aliphatic carbocycles. The monoisotopic (exact) mass is 570 g/mol. The van der Waals surface area contributed by atoms with Crippen molar-refractivity contribution in [1.29, 1.82) is 0 Å². The van der Waals surface area contributed by atoms with Gasteiger partial charge >= 0.3 is 0 Å². The van der Waals surface area contributed by atoms with Gasteiger partial charge in [-0.15, -0.1) is 0 Å². The van der Waals surface area contributed by atoms with Gasteiger partial charge in [0.2, 0.25) is 25.8 Å². The van der Waals surface area contributed by atoms with E-state index in [0.717, 1.165) is 16.7 Å². The second kappa shape index (κ2) is 12.4. The first-order chi connectivity index (χ1) is 18.6. The molecule has 3 aromatic carbocycles. The fraction of sp³-hybridized carbons (Fsp3) is 0.345. The molecule has 0 bridgehead atoms. The number of aryl methyl sites for hydroxylation is 2. The molecule has 0 unspecified atom stereocenters. The summed E-state index contributed by atoms with van der Waals surface area (Å²) in [5.41, 5.74) is 2.88. The fourth-order valence-corrected chi connectivity index (χ4v) is 6.99. The number of ether oxygens (including phenoxy) is 1. The zero-order chi connectivity index (χ0) is 28.0. The van der Waals surface area contributed by atoms with Crippen LogP contribution in [-0.2, 0) is 35.8 Å². The molecule has 0 spiro atoms. The average Bonchev–Trinajstić information content (AvgIpc) is 3.11. The predicted octanol–water partition coefficient (Wildman–Crippen LogP) is 3.59. The Morgan fingerprint density at radius 2 is 1.36 bits per heavy atom. The van der Waals surface area contributed by atoms with E-state index in [1.165, 1.54) is 4.31 Å². The minimum absolute atomic E-state index is 0.00353. The molecule has 1 heterocycles. The van der Waals surface area contributed by atoms with Gasteiger partial charge in [-0.05, 0) is 50.1 Å². The SMILES string of the molecule is Cc1ccc(S(=O)(=O)COC[C@H](Cc2ccccc2)N2CCN(S(=O)(=O)c3ccc(C)cc3)CCC2=O)cc1. The second-order valence-electron chi connectivity index (χ2n) is 9.81. The molecule has 1 aliphatic rings. The molecular formula is C29H34N2O6S2. The molecule has 0 saturated carbocycles. The average molecular weight is 571 g/mol. The number of carbonyl (C=O) groups is 1. The van der Waals surface area contributed by atoms with Crippen LogP contribution in [0.25, 0.3) is 0 Å². The lowest BCUT2D eigenvalue weighted by molar-refractivity contribution is -0.133. The lowest BCUT2D eigenvalue weighted by atomic mass is 10.0. The van der Waals surface area contributed by atoms with Gasteiger partial charge < -0.3 is 9.64 Å². The second-order valence-corrected chi connectivity index (χ2v) is 13.7. The summed E-state index contributed by atoms with van der Waals surface area (Å²) >= 11 is 0. The predicted molar refractivity (Wildman–Crippen MR) is 149 cm³/mol. The molecule has 208 valence electrons. The zero-order valence-corrected chi connectivity index (χ0v) is 23.8. The van der Waals surface area contributed by atoms with Crippen molar-refractivity contribution in [1.82, 2.24) is 9.21 Å². The van der Waals surface area contributed by atoms with Crippen molar-refractivity contribution >= 4 is 25.8 Å². The van der Waals surface area contributed by atoms with Crippen molar-refractivity contribution in [3.63, 3.8) is 0 Å². The number of sulfonamides is 1. The third-order valence-electron chi connectivity index (χ3n) is 6.83. The number of nitrogens with zero attached hydrogens (tertiary/aromatic N) is 2. The molecular weight excluding hydrogens is 536 g/mol. The maximum absolute atomic E-state index is 13.3. The zero-order valence-electron chi connectivity index (χ0n) is 22.2. The third kappa shape index (κ3) is 7.33. The molecule has 1 atom stereocenters. The van der Waals surface area contributed by atoms with Crippen LogP contribution in [0, 0.1) is 13.8 Å². The van der Waals surface area contributed by atoms with Crippen molar-refractivity contribution in [3.05, 3.63) is 95.6 Å². The molecule has 39 heavy (non-hydrogen) atoms. The van der Waals surface area contributed by atoms with Crippen LogP contribution in [-0.4, -0.2) is 70.2 Å². The molecule has 1 amide bonds. The summed E-state index contributed by atoms with van der Waals surface area (Å²) in [6, 6.07) is 22.3. The Labute approximate surface area is 231 Å². The van der Waals surface area contributed by atoms with Gasteiger partial charge in [-0.1, -0.05) is 65.7 Å². The van der Waals surface area contributed by atoms with Crippen LogP contribution in [0.15, 0.2) is 88.7 Å². The molecule has 4 rings (SSSR count). The van der Waals surface area contributed by atoms with Gasteiger partial charge in [0.15, 0.2) is 5.94 Å². The van der Waals surface area contributed by atoms with E-state index in [9.17, 15) is 21.6 Å². The van der Waals surface area contributed by atoms with Gasteiger partial charge in [0, 0.05) is 26.1 Å². The van der Waals surface area contributed by atoms with Crippen LogP contribution < -0.4 is 0 Å². The van der Waals surface area contributed by atoms with Gasteiger partial charge in [0.05, 0.1) is 22.4 Å². The van der Waals surface area contributed by atoms with Crippen LogP contribution in [0.3, 0.4) is 0 Å². The Balaban J connectivity index is 1.49. The number of sulfone groups is 1. The lowest BCUT2D eigenvalue weighted by Gasteiger charge is -2.31. The topological polar surface area (TPSA) is 101 Å². The third-order valence-corrected chi connectivity index (χ3v) is 10.2. The van der Waals surface area contributed by atoms with Gasteiger partial charge in [0.25, 0.3) is 0 Å². The summed E-state index contributed by atoms with van der Waals surface area (Å²) in [6.45, 7) is 4.15. The van der Waals surface area contributed by atoms with Crippen LogP contribution in [0.4, 0.5) is 0 Å². The minimum atomic E-state index is -3.76. The molecule has 0 aromatic heterocycles. The highest BCUT2D eigenvalue weighted by molar-refractivity contribution is 7.91. The summed E-state index contributed by atoms with van der Waals surface area (Å²) < 4.78 is 59.2. The van der Waals surface area contributed by atoms with Crippen LogP contribution in [0.2, 0.25) is 0 Å². The van der Waals surface area contributed by atoms with Crippen LogP contribution in [0.1, 0.15) is 23.1 Å². The maximum Gasteiger partial charge on any atom is 0.243 e. The quantitative estimate of drug-likeness (QED) is 0.369. The van der Waals surface area contributed by atoms with E-state index in [0.29, 0.717) is 6.42 Å². The molecule has 1 aliphatic heterocycles. The number of hydrogen-bond acceptors (Lipinski definition) is 6. The maximum atomic E-state index is 13.3. The van der Waals surface area contributed by atoms with Crippen LogP contribution in [0.5, 0.6) is 0 Å². The Morgan fingerprint density at radius 3 is 1.97 bits per heavy atom. The van der Waals surface area contributed by atoms with Gasteiger partial charge in [-0.3, -0.25) is 4.79 Å². The Morgan fingerprint density at radius 1 is 0.769 bits per heavy atom. The normalized spacial score (nSPS) is 16.2. The number of carbonyl (C=O) groups excluding carboxylic acids is 1. The van der Waals surface area contributed by atoms with E-state index in [1.54, 1.807) is 53.4 Å². The van der Waals surface area contributed by atoms with E-state index in [-0.39, 0.29) is 48.4 Å². The number of hydrogen-bond donors (Lipinski definition) is 0. The summed E-state index contributed by atoms with van der Waals surface area (Å²) in [5.74, 6) is -0.709. The number of amides is 1. The largest absolute Gasteiger partial charge is 0.363 e. The molecule has 3 aromatic rings. The lowest BCUT2D eigenvalue weighted by Crippen LogP contribution is -2.45. The molecule has 10 heteroatoms. The summed E-state index contributed by atoms with van der Waals surface area (Å²) in [6.07, 6.45) is 0.472. The van der Waals surface area contributed by atoms with E-state index in [2.05, 4.69) is 0 Å². The summed E-state index contributed by atoms with van der Waals surface area (Å²) in [5, 5.41) is 0. The number of benzene rings is 3. The van der Waals surface area contributed by atoms with Crippen molar-refractivity contribution in [2.24, 2.45) is 0 Å². The first-order valence-electron chi connectivity index (χ1n) is 12.8. The van der Waals surface area contributed by atoms with Gasteiger partial charge in [0.1, 0.15) is 0 Å². The molecule has 8 nitrogen and oxygen atoms in total. The van der Waals surface area contributed by atoms with Crippen LogP contribution >= 0.6 is 0 Å². The molecule has 1 saturated heterocycles. The van der Waals surface area contributed by atoms with E-state index in [1.807, 2.05) is 44.2 Å². The van der Waals surface area contributed by atoms with E-state index in [4.69, 9.17) is 4.74 Å². The first-order valence-corrected chi connectivity index (χ1v) is 15.9. The highest BCUT2D eigenvalue weighted by Gasteiger charge is 2.33. The molecule has 0 radical (unpaired) electrons. The Bertz CT molecular complexity index is 1470.